The Hall–Kier alpha value is -0.660. The van der Waals surface area contributed by atoms with Gasteiger partial charge in [0.15, 0.2) is 0 Å². The van der Waals surface area contributed by atoms with Crippen molar-refractivity contribution < 1.29 is 4.39 Å². The predicted octanol–water partition coefficient (Wildman–Crippen LogP) is 1.38. The van der Waals surface area contributed by atoms with Gasteiger partial charge in [-0.15, -0.1) is 0 Å². The van der Waals surface area contributed by atoms with Crippen molar-refractivity contribution in [1.29, 1.82) is 0 Å². The predicted molar refractivity (Wildman–Crippen MR) is 68.6 cm³/mol. The molecule has 6 heteroatoms. The first-order valence-corrected chi connectivity index (χ1v) is 6.25. The van der Waals surface area contributed by atoms with Gasteiger partial charge in [-0.05, 0) is 35.4 Å². The summed E-state index contributed by atoms with van der Waals surface area (Å²) in [7, 11) is 0. The molecule has 0 saturated heterocycles. The zero-order valence-electron chi connectivity index (χ0n) is 9.08. The van der Waals surface area contributed by atoms with E-state index < -0.39 is 6.67 Å². The van der Waals surface area contributed by atoms with Gasteiger partial charge in [-0.3, -0.25) is 18.3 Å². The molecule has 0 aliphatic rings. The maximum Gasteiger partial charge on any atom is 0.331 e. The number of aryl methyl sites for hydroxylation is 1. The van der Waals surface area contributed by atoms with Crippen molar-refractivity contribution >= 4 is 22.6 Å². The van der Waals surface area contributed by atoms with Crippen molar-refractivity contribution in [1.82, 2.24) is 9.13 Å². The van der Waals surface area contributed by atoms with E-state index in [9.17, 15) is 14.0 Å². The van der Waals surface area contributed by atoms with Gasteiger partial charge in [-0.1, -0.05) is 6.92 Å². The molecule has 1 aromatic rings. The van der Waals surface area contributed by atoms with E-state index in [0.29, 0.717) is 10.1 Å². The van der Waals surface area contributed by atoms with E-state index in [2.05, 4.69) is 0 Å². The number of hydrogen-bond acceptors (Lipinski definition) is 2. The molecule has 0 saturated carbocycles. The number of nitrogens with zero attached hydrogens (tertiary/aromatic N) is 2. The number of halogens is 2. The number of alkyl halides is 1. The van der Waals surface area contributed by atoms with Gasteiger partial charge in [0.1, 0.15) is 0 Å². The summed E-state index contributed by atoms with van der Waals surface area (Å²) >= 11 is 1.90. The first kappa shape index (κ1) is 13.4. The Balaban J connectivity index is 3.23. The molecular weight excluding hydrogens is 326 g/mol. The van der Waals surface area contributed by atoms with E-state index in [0.717, 1.165) is 11.0 Å². The van der Waals surface area contributed by atoms with Crippen molar-refractivity contribution in [2.75, 3.05) is 6.67 Å². The minimum absolute atomic E-state index is 0.148. The highest BCUT2D eigenvalue weighted by Crippen LogP contribution is 1.96. The van der Waals surface area contributed by atoms with E-state index in [1.807, 2.05) is 29.5 Å². The van der Waals surface area contributed by atoms with Crippen LogP contribution in [0.4, 0.5) is 4.39 Å². The molecule has 0 aliphatic heterocycles. The van der Waals surface area contributed by atoms with Crippen LogP contribution in [0.3, 0.4) is 0 Å². The topological polar surface area (TPSA) is 44.0 Å². The highest BCUT2D eigenvalue weighted by Gasteiger charge is 2.08. The van der Waals surface area contributed by atoms with Crippen LogP contribution in [0.2, 0.25) is 0 Å². The minimum Gasteiger partial charge on any atom is -0.299 e. The van der Waals surface area contributed by atoms with Gasteiger partial charge in [0.05, 0.1) is 10.2 Å². The Bertz CT molecular complexity index is 467. The quantitative estimate of drug-likeness (QED) is 0.761. The fourth-order valence-electron chi connectivity index (χ4n) is 1.43. The molecule has 0 aromatic carbocycles. The number of rotatable bonds is 5. The first-order chi connectivity index (χ1) is 7.61. The molecule has 0 fully saturated rings. The summed E-state index contributed by atoms with van der Waals surface area (Å²) in [5, 5.41) is 0. The zero-order valence-corrected chi connectivity index (χ0v) is 11.2. The van der Waals surface area contributed by atoms with Crippen LogP contribution in [0.1, 0.15) is 19.8 Å². The largest absolute Gasteiger partial charge is 0.331 e. The molecule has 1 heterocycles. The molecular formula is C10H14FIN2O2. The molecule has 0 amide bonds. The molecule has 0 aliphatic carbocycles. The van der Waals surface area contributed by atoms with Crippen LogP contribution in [-0.4, -0.2) is 15.8 Å². The van der Waals surface area contributed by atoms with Gasteiger partial charge >= 0.3 is 5.69 Å². The van der Waals surface area contributed by atoms with Crippen LogP contribution in [0.15, 0.2) is 15.8 Å². The summed E-state index contributed by atoms with van der Waals surface area (Å²) in [4.78, 5) is 23.5. The highest BCUT2D eigenvalue weighted by atomic mass is 127. The van der Waals surface area contributed by atoms with E-state index in [-0.39, 0.29) is 24.2 Å². The van der Waals surface area contributed by atoms with E-state index >= 15 is 0 Å². The second kappa shape index (κ2) is 6.17. The molecule has 16 heavy (non-hydrogen) atoms. The average Bonchev–Trinajstić information content (AvgIpc) is 2.26. The lowest BCUT2D eigenvalue weighted by Crippen LogP contribution is -2.41. The Labute approximate surface area is 106 Å². The molecule has 0 atom stereocenters. The second-order valence-electron chi connectivity index (χ2n) is 3.45. The third kappa shape index (κ3) is 2.93. The summed E-state index contributed by atoms with van der Waals surface area (Å²) in [6.07, 6.45) is 2.57. The zero-order chi connectivity index (χ0) is 12.1. The van der Waals surface area contributed by atoms with Gasteiger partial charge in [0, 0.05) is 19.3 Å². The normalized spacial score (nSPS) is 10.7. The van der Waals surface area contributed by atoms with Gasteiger partial charge in [0.25, 0.3) is 5.56 Å². The van der Waals surface area contributed by atoms with Gasteiger partial charge in [-0.25, -0.2) is 4.79 Å². The Kier molecular flexibility index (Phi) is 5.17. The third-order valence-electron chi connectivity index (χ3n) is 2.18. The minimum atomic E-state index is -0.523. The molecule has 90 valence electrons. The van der Waals surface area contributed by atoms with E-state index in [4.69, 9.17) is 0 Å². The summed E-state index contributed by atoms with van der Waals surface area (Å²) in [5.41, 5.74) is -0.674. The lowest BCUT2D eigenvalue weighted by Gasteiger charge is -2.09. The number of aromatic nitrogens is 2. The molecule has 0 N–H and O–H groups in total. The first-order valence-electron chi connectivity index (χ1n) is 5.17. The summed E-state index contributed by atoms with van der Waals surface area (Å²) in [5.74, 6) is 0. The lowest BCUT2D eigenvalue weighted by atomic mass is 10.4. The van der Waals surface area contributed by atoms with Crippen LogP contribution >= 0.6 is 22.6 Å². The molecule has 4 nitrogen and oxygen atoms in total. The molecule has 0 bridgehead atoms. The molecule has 0 radical (unpaired) electrons. The Morgan fingerprint density at radius 3 is 2.62 bits per heavy atom. The second-order valence-corrected chi connectivity index (χ2v) is 4.61. The van der Waals surface area contributed by atoms with Crippen LogP contribution in [0.5, 0.6) is 0 Å². The van der Waals surface area contributed by atoms with Crippen molar-refractivity contribution in [3.8, 4) is 0 Å². The standard InChI is InChI=1S/C10H14FIN2O2/c1-2-5-13-7-8(12)9(15)14(10(13)16)6-3-4-11/h7H,2-6H2,1H3. The van der Waals surface area contributed by atoms with Gasteiger partial charge < -0.3 is 0 Å². The van der Waals surface area contributed by atoms with Gasteiger partial charge in [-0.2, -0.15) is 0 Å². The van der Waals surface area contributed by atoms with Crippen molar-refractivity contribution in [3.05, 3.63) is 30.6 Å². The fraction of sp³-hybridized carbons (Fsp3) is 0.600. The van der Waals surface area contributed by atoms with Crippen molar-refractivity contribution in [2.45, 2.75) is 32.9 Å². The molecule has 1 rings (SSSR count). The lowest BCUT2D eigenvalue weighted by molar-refractivity contribution is 0.430. The monoisotopic (exact) mass is 340 g/mol. The van der Waals surface area contributed by atoms with Gasteiger partial charge in [0.2, 0.25) is 0 Å². The SMILES string of the molecule is CCCn1cc(I)c(=O)n(CCCF)c1=O. The summed E-state index contributed by atoms with van der Waals surface area (Å²) < 4.78 is 15.2. The number of hydrogen-bond donors (Lipinski definition) is 0. The fourth-order valence-corrected chi connectivity index (χ4v) is 2.06. The van der Waals surface area contributed by atoms with E-state index in [1.165, 1.54) is 4.57 Å². The summed E-state index contributed by atoms with van der Waals surface area (Å²) in [6.45, 7) is 2.15. The third-order valence-corrected chi connectivity index (χ3v) is 2.92. The van der Waals surface area contributed by atoms with Crippen molar-refractivity contribution in [3.63, 3.8) is 0 Å². The smallest absolute Gasteiger partial charge is 0.299 e. The van der Waals surface area contributed by atoms with Crippen molar-refractivity contribution in [2.24, 2.45) is 0 Å². The van der Waals surface area contributed by atoms with Crippen LogP contribution in [-0.2, 0) is 13.1 Å². The molecule has 0 unspecified atom stereocenters. The maximum absolute atomic E-state index is 12.1. The molecule has 1 aromatic heterocycles. The maximum atomic E-state index is 12.1. The van der Waals surface area contributed by atoms with Crippen LogP contribution < -0.4 is 11.2 Å². The highest BCUT2D eigenvalue weighted by molar-refractivity contribution is 14.1. The average molecular weight is 340 g/mol. The van der Waals surface area contributed by atoms with Crippen LogP contribution in [0, 0.1) is 3.57 Å². The van der Waals surface area contributed by atoms with E-state index in [1.54, 1.807) is 6.20 Å². The Morgan fingerprint density at radius 1 is 1.38 bits per heavy atom. The molecule has 0 spiro atoms. The summed E-state index contributed by atoms with van der Waals surface area (Å²) in [6, 6.07) is 0. The van der Waals surface area contributed by atoms with Crippen LogP contribution in [0.25, 0.3) is 0 Å². The Morgan fingerprint density at radius 2 is 2.06 bits per heavy atom.